The van der Waals surface area contributed by atoms with Crippen molar-refractivity contribution < 1.29 is 9.53 Å². The molecule has 1 aromatic rings. The number of aromatic nitrogens is 1. The molecule has 5 nitrogen and oxygen atoms in total. The van der Waals surface area contributed by atoms with Gasteiger partial charge in [0.15, 0.2) is 0 Å². The highest BCUT2D eigenvalue weighted by molar-refractivity contribution is 5.98. The van der Waals surface area contributed by atoms with Gasteiger partial charge in [0.2, 0.25) is 0 Å². The van der Waals surface area contributed by atoms with Gasteiger partial charge in [0.25, 0.3) is 5.91 Å². The Labute approximate surface area is 101 Å². The highest BCUT2D eigenvalue weighted by atomic mass is 16.5. The summed E-state index contributed by atoms with van der Waals surface area (Å²) in [6, 6.07) is 3.58. The molecule has 1 fully saturated rings. The summed E-state index contributed by atoms with van der Waals surface area (Å²) >= 11 is 0. The minimum absolute atomic E-state index is 0.0213. The molecule has 0 spiro atoms. The van der Waals surface area contributed by atoms with Gasteiger partial charge in [-0.25, -0.2) is 4.98 Å². The Bertz CT molecular complexity index is 387. The van der Waals surface area contributed by atoms with Crippen LogP contribution in [0.15, 0.2) is 18.3 Å². The van der Waals surface area contributed by atoms with E-state index in [0.29, 0.717) is 24.5 Å². The molecule has 2 heterocycles. The summed E-state index contributed by atoms with van der Waals surface area (Å²) in [5.74, 6) is 0.649. The molecule has 0 atom stereocenters. The molecule has 0 aromatic carbocycles. The average Bonchev–Trinajstić information content (AvgIpc) is 2.66. The molecule has 0 radical (unpaired) electrons. The van der Waals surface area contributed by atoms with E-state index in [1.54, 1.807) is 25.4 Å². The number of carbonyl (C=O) groups excluding carboxylic acids is 1. The van der Waals surface area contributed by atoms with E-state index in [2.05, 4.69) is 10.3 Å². The first-order chi connectivity index (χ1) is 8.33. The summed E-state index contributed by atoms with van der Waals surface area (Å²) in [4.78, 5) is 18.3. The predicted molar refractivity (Wildman–Crippen MR) is 65.1 cm³/mol. The molecule has 1 aromatic heterocycles. The Balaban J connectivity index is 2.17. The third-order valence-electron chi connectivity index (χ3n) is 2.78. The number of amides is 1. The molecular formula is C12H17N3O2. The van der Waals surface area contributed by atoms with Crippen molar-refractivity contribution in [2.45, 2.75) is 6.42 Å². The minimum atomic E-state index is 0.0213. The molecule has 92 valence electrons. The van der Waals surface area contributed by atoms with Gasteiger partial charge in [0.05, 0.1) is 12.2 Å². The molecule has 5 heteroatoms. The molecule has 1 N–H and O–H groups in total. The number of rotatable bonds is 2. The van der Waals surface area contributed by atoms with Crippen LogP contribution >= 0.6 is 0 Å². The summed E-state index contributed by atoms with van der Waals surface area (Å²) < 4.78 is 5.34. The van der Waals surface area contributed by atoms with E-state index in [1.165, 1.54) is 0 Å². The zero-order chi connectivity index (χ0) is 12.1. The average molecular weight is 235 g/mol. The summed E-state index contributed by atoms with van der Waals surface area (Å²) in [5, 5.41) is 2.94. The maximum Gasteiger partial charge on any atom is 0.257 e. The first-order valence-corrected chi connectivity index (χ1v) is 5.82. The van der Waals surface area contributed by atoms with Gasteiger partial charge in [-0.05, 0) is 18.6 Å². The highest BCUT2D eigenvalue weighted by Gasteiger charge is 2.20. The number of nitrogens with one attached hydrogen (secondary N) is 1. The fourth-order valence-corrected chi connectivity index (χ4v) is 1.90. The van der Waals surface area contributed by atoms with E-state index >= 15 is 0 Å². The van der Waals surface area contributed by atoms with Gasteiger partial charge in [-0.2, -0.15) is 0 Å². The zero-order valence-corrected chi connectivity index (χ0v) is 9.98. The van der Waals surface area contributed by atoms with E-state index in [9.17, 15) is 4.79 Å². The van der Waals surface area contributed by atoms with Gasteiger partial charge >= 0.3 is 0 Å². The van der Waals surface area contributed by atoms with Crippen LogP contribution in [0.3, 0.4) is 0 Å². The lowest BCUT2D eigenvalue weighted by Gasteiger charge is -2.20. The van der Waals surface area contributed by atoms with Crippen LogP contribution in [0.4, 0.5) is 5.82 Å². The fraction of sp³-hybridized carbons (Fsp3) is 0.500. The summed E-state index contributed by atoms with van der Waals surface area (Å²) in [6.07, 6.45) is 2.56. The second-order valence-corrected chi connectivity index (χ2v) is 3.91. The monoisotopic (exact) mass is 235 g/mol. The molecule has 1 amide bonds. The van der Waals surface area contributed by atoms with Gasteiger partial charge in [-0.15, -0.1) is 0 Å². The van der Waals surface area contributed by atoms with Gasteiger partial charge in [0, 0.05) is 32.9 Å². The van der Waals surface area contributed by atoms with Crippen molar-refractivity contribution in [1.82, 2.24) is 9.88 Å². The number of ether oxygens (including phenoxy) is 1. The van der Waals surface area contributed by atoms with Crippen molar-refractivity contribution in [3.05, 3.63) is 23.9 Å². The summed E-state index contributed by atoms with van der Waals surface area (Å²) in [6.45, 7) is 2.74. The summed E-state index contributed by atoms with van der Waals surface area (Å²) in [7, 11) is 1.77. The predicted octanol–water partition coefficient (Wildman–Crippen LogP) is 0.986. The minimum Gasteiger partial charge on any atom is -0.380 e. The number of hydrogen-bond donors (Lipinski definition) is 1. The third kappa shape index (κ3) is 2.74. The SMILES string of the molecule is CNc1ncccc1C(=O)N1CCCOCC1. The normalized spacial score (nSPS) is 16.4. The molecule has 17 heavy (non-hydrogen) atoms. The van der Waals surface area contributed by atoms with Gasteiger partial charge in [0.1, 0.15) is 5.82 Å². The molecule has 0 bridgehead atoms. The van der Waals surface area contributed by atoms with Crippen LogP contribution in [0.2, 0.25) is 0 Å². The van der Waals surface area contributed by atoms with Crippen molar-refractivity contribution in [2.75, 3.05) is 38.7 Å². The quantitative estimate of drug-likeness (QED) is 0.830. The van der Waals surface area contributed by atoms with Crippen LogP contribution in [-0.4, -0.2) is 49.1 Å². The molecule has 1 saturated heterocycles. The smallest absolute Gasteiger partial charge is 0.257 e. The molecule has 0 saturated carbocycles. The Morgan fingerprint density at radius 1 is 1.47 bits per heavy atom. The van der Waals surface area contributed by atoms with E-state index < -0.39 is 0 Å². The molecule has 2 rings (SSSR count). The van der Waals surface area contributed by atoms with Crippen molar-refractivity contribution in [3.63, 3.8) is 0 Å². The summed E-state index contributed by atoms with van der Waals surface area (Å²) in [5.41, 5.74) is 0.622. The van der Waals surface area contributed by atoms with E-state index in [0.717, 1.165) is 19.6 Å². The maximum absolute atomic E-state index is 12.3. The van der Waals surface area contributed by atoms with E-state index in [4.69, 9.17) is 4.74 Å². The van der Waals surface area contributed by atoms with Crippen molar-refractivity contribution in [1.29, 1.82) is 0 Å². The number of nitrogens with zero attached hydrogens (tertiary/aromatic N) is 2. The zero-order valence-electron chi connectivity index (χ0n) is 9.98. The lowest BCUT2D eigenvalue weighted by molar-refractivity contribution is 0.0742. The van der Waals surface area contributed by atoms with Gasteiger partial charge in [-0.3, -0.25) is 4.79 Å². The lowest BCUT2D eigenvalue weighted by Crippen LogP contribution is -2.33. The van der Waals surface area contributed by atoms with E-state index in [1.807, 2.05) is 4.90 Å². The maximum atomic E-state index is 12.3. The number of anilines is 1. The van der Waals surface area contributed by atoms with Crippen LogP contribution in [0, 0.1) is 0 Å². The topological polar surface area (TPSA) is 54.5 Å². The number of pyridine rings is 1. The second-order valence-electron chi connectivity index (χ2n) is 3.91. The van der Waals surface area contributed by atoms with Gasteiger partial charge < -0.3 is 15.0 Å². The molecule has 1 aliphatic heterocycles. The number of carbonyl (C=O) groups is 1. The Morgan fingerprint density at radius 2 is 2.35 bits per heavy atom. The van der Waals surface area contributed by atoms with Crippen LogP contribution < -0.4 is 5.32 Å². The van der Waals surface area contributed by atoms with Crippen LogP contribution in [0.1, 0.15) is 16.8 Å². The van der Waals surface area contributed by atoms with Crippen LogP contribution in [0.5, 0.6) is 0 Å². The first-order valence-electron chi connectivity index (χ1n) is 5.82. The second kappa shape index (κ2) is 5.63. The molecule has 1 aliphatic rings. The Kier molecular flexibility index (Phi) is 3.93. The largest absolute Gasteiger partial charge is 0.380 e. The Morgan fingerprint density at radius 3 is 3.18 bits per heavy atom. The Hall–Kier alpha value is -1.62. The van der Waals surface area contributed by atoms with Crippen LogP contribution in [0.25, 0.3) is 0 Å². The highest BCUT2D eigenvalue weighted by Crippen LogP contribution is 2.14. The lowest BCUT2D eigenvalue weighted by atomic mass is 10.2. The third-order valence-corrected chi connectivity index (χ3v) is 2.78. The fourth-order valence-electron chi connectivity index (χ4n) is 1.90. The van der Waals surface area contributed by atoms with E-state index in [-0.39, 0.29) is 5.91 Å². The molecule has 0 aliphatic carbocycles. The van der Waals surface area contributed by atoms with Crippen molar-refractivity contribution in [3.8, 4) is 0 Å². The van der Waals surface area contributed by atoms with Crippen molar-refractivity contribution in [2.24, 2.45) is 0 Å². The first kappa shape index (κ1) is 11.9. The standard InChI is InChI=1S/C12H17N3O2/c1-13-11-10(4-2-5-14-11)12(16)15-6-3-8-17-9-7-15/h2,4-5H,3,6-9H2,1H3,(H,13,14). The van der Waals surface area contributed by atoms with Crippen LogP contribution in [-0.2, 0) is 4.74 Å². The number of hydrogen-bond acceptors (Lipinski definition) is 4. The molecule has 0 unspecified atom stereocenters. The van der Waals surface area contributed by atoms with Crippen molar-refractivity contribution >= 4 is 11.7 Å². The molecular weight excluding hydrogens is 218 g/mol. The van der Waals surface area contributed by atoms with Gasteiger partial charge in [-0.1, -0.05) is 0 Å².